The zero-order valence-electron chi connectivity index (χ0n) is 18.4. The first-order valence-electron chi connectivity index (χ1n) is 11.1. The Balaban J connectivity index is 2.00. The molecule has 3 rings (SSSR count). The second-order valence-electron chi connectivity index (χ2n) is 10.2. The fourth-order valence-electron chi connectivity index (χ4n) is 4.78. The minimum atomic E-state index is -0.855. The maximum absolute atomic E-state index is 12.2. The van der Waals surface area contributed by atoms with Crippen molar-refractivity contribution in [3.8, 4) is 0 Å². The lowest BCUT2D eigenvalue weighted by Gasteiger charge is -2.42. The minimum absolute atomic E-state index is 0.0941. The van der Waals surface area contributed by atoms with Crippen molar-refractivity contribution in [3.63, 3.8) is 0 Å². The SMILES string of the molecule is C=C(C1CCC(C)CC1)N(c1cc(C(C)(C)C)sc1C(=O)O)C1CCC(O)CC1. The van der Waals surface area contributed by atoms with Crippen LogP contribution in [0.5, 0.6) is 0 Å². The van der Waals surface area contributed by atoms with Crippen molar-refractivity contribution in [2.45, 2.75) is 96.6 Å². The molecule has 2 saturated carbocycles. The lowest BCUT2D eigenvalue weighted by Crippen LogP contribution is -2.41. The number of carboxylic acid groups (broad SMARTS) is 1. The molecule has 0 saturated heterocycles. The third kappa shape index (κ3) is 5.05. The van der Waals surface area contributed by atoms with Crippen molar-refractivity contribution in [1.82, 2.24) is 0 Å². The molecule has 2 aliphatic carbocycles. The number of aliphatic hydroxyl groups is 1. The molecular formula is C24H37NO3S. The number of carboxylic acids is 1. The van der Waals surface area contributed by atoms with Gasteiger partial charge in [-0.2, -0.15) is 0 Å². The Labute approximate surface area is 179 Å². The number of hydrogen-bond donors (Lipinski definition) is 2. The quantitative estimate of drug-likeness (QED) is 0.597. The van der Waals surface area contributed by atoms with Gasteiger partial charge in [0.05, 0.1) is 11.8 Å². The summed E-state index contributed by atoms with van der Waals surface area (Å²) in [4.78, 5) is 15.9. The lowest BCUT2D eigenvalue weighted by atomic mass is 9.80. The zero-order chi connectivity index (χ0) is 21.3. The number of aromatic carboxylic acids is 1. The number of allylic oxidation sites excluding steroid dienone is 1. The topological polar surface area (TPSA) is 60.8 Å². The van der Waals surface area contributed by atoms with Gasteiger partial charge in [0.1, 0.15) is 4.88 Å². The van der Waals surface area contributed by atoms with Gasteiger partial charge in [0, 0.05) is 16.6 Å². The predicted molar refractivity (Wildman–Crippen MR) is 121 cm³/mol. The second kappa shape index (κ2) is 8.81. The van der Waals surface area contributed by atoms with Crippen molar-refractivity contribution in [2.24, 2.45) is 11.8 Å². The van der Waals surface area contributed by atoms with Crippen LogP contribution in [-0.4, -0.2) is 28.3 Å². The van der Waals surface area contributed by atoms with Crippen molar-refractivity contribution in [2.75, 3.05) is 4.90 Å². The number of aliphatic hydroxyl groups excluding tert-OH is 1. The fourth-order valence-corrected chi connectivity index (χ4v) is 5.82. The van der Waals surface area contributed by atoms with E-state index in [4.69, 9.17) is 0 Å². The highest BCUT2D eigenvalue weighted by Crippen LogP contribution is 2.44. The number of hydrogen-bond acceptors (Lipinski definition) is 4. The number of carbonyl (C=O) groups is 1. The van der Waals surface area contributed by atoms with E-state index in [1.807, 2.05) is 0 Å². The van der Waals surface area contributed by atoms with E-state index in [-0.39, 0.29) is 17.6 Å². The first-order valence-corrected chi connectivity index (χ1v) is 11.9. The van der Waals surface area contributed by atoms with Crippen LogP contribution in [0.15, 0.2) is 18.3 Å². The van der Waals surface area contributed by atoms with Gasteiger partial charge in [0.15, 0.2) is 0 Å². The van der Waals surface area contributed by atoms with Gasteiger partial charge in [-0.3, -0.25) is 0 Å². The van der Waals surface area contributed by atoms with Gasteiger partial charge < -0.3 is 15.1 Å². The van der Waals surface area contributed by atoms with Crippen LogP contribution in [0.2, 0.25) is 0 Å². The van der Waals surface area contributed by atoms with E-state index in [0.717, 1.165) is 60.7 Å². The first-order chi connectivity index (χ1) is 13.6. The molecule has 1 aromatic rings. The average Bonchev–Trinajstić information content (AvgIpc) is 3.10. The molecule has 162 valence electrons. The summed E-state index contributed by atoms with van der Waals surface area (Å²) >= 11 is 1.40. The standard InChI is InChI=1S/C24H37NO3S/c1-15-6-8-17(9-7-15)16(2)25(18-10-12-19(26)13-11-18)20-14-21(24(3,4)5)29-22(20)23(27)28/h14-15,17-19,26H,2,6-13H2,1,3-5H3,(H,27,28). The molecule has 0 radical (unpaired) electrons. The van der Waals surface area contributed by atoms with Crippen LogP contribution >= 0.6 is 11.3 Å². The molecule has 2 aliphatic rings. The molecule has 0 aromatic carbocycles. The molecule has 2 fully saturated rings. The Bertz CT molecular complexity index is 732. The summed E-state index contributed by atoms with van der Waals surface area (Å²) in [5.41, 5.74) is 1.81. The molecule has 0 bridgehead atoms. The van der Waals surface area contributed by atoms with E-state index in [2.05, 4.69) is 45.2 Å². The van der Waals surface area contributed by atoms with Gasteiger partial charge in [-0.1, -0.05) is 47.1 Å². The van der Waals surface area contributed by atoms with E-state index in [1.165, 1.54) is 24.2 Å². The molecule has 2 N–H and O–H groups in total. The van der Waals surface area contributed by atoms with Crippen LogP contribution in [-0.2, 0) is 5.41 Å². The minimum Gasteiger partial charge on any atom is -0.477 e. The van der Waals surface area contributed by atoms with Gasteiger partial charge in [-0.15, -0.1) is 11.3 Å². The van der Waals surface area contributed by atoms with E-state index in [0.29, 0.717) is 10.8 Å². The summed E-state index contributed by atoms with van der Waals surface area (Å²) in [6.07, 6.45) is 7.75. The van der Waals surface area contributed by atoms with Crippen LogP contribution in [0.1, 0.15) is 93.6 Å². The van der Waals surface area contributed by atoms with Crippen molar-refractivity contribution in [3.05, 3.63) is 28.1 Å². The highest BCUT2D eigenvalue weighted by Gasteiger charge is 2.35. The van der Waals surface area contributed by atoms with Crippen LogP contribution in [0, 0.1) is 11.8 Å². The van der Waals surface area contributed by atoms with Crippen LogP contribution in [0.3, 0.4) is 0 Å². The largest absolute Gasteiger partial charge is 0.477 e. The van der Waals surface area contributed by atoms with Gasteiger partial charge in [0.25, 0.3) is 0 Å². The molecule has 0 unspecified atom stereocenters. The molecule has 5 heteroatoms. The summed E-state index contributed by atoms with van der Waals surface area (Å²) in [7, 11) is 0. The Morgan fingerprint density at radius 3 is 2.21 bits per heavy atom. The highest BCUT2D eigenvalue weighted by molar-refractivity contribution is 7.14. The summed E-state index contributed by atoms with van der Waals surface area (Å²) < 4.78 is 0. The van der Waals surface area contributed by atoms with Gasteiger partial charge >= 0.3 is 5.97 Å². The van der Waals surface area contributed by atoms with E-state index < -0.39 is 5.97 Å². The number of nitrogens with zero attached hydrogens (tertiary/aromatic N) is 1. The Morgan fingerprint density at radius 2 is 1.69 bits per heavy atom. The monoisotopic (exact) mass is 419 g/mol. The summed E-state index contributed by atoms with van der Waals surface area (Å²) in [5.74, 6) is 0.324. The van der Waals surface area contributed by atoms with E-state index in [9.17, 15) is 15.0 Å². The Kier molecular flexibility index (Phi) is 6.79. The fraction of sp³-hybridized carbons (Fsp3) is 0.708. The van der Waals surface area contributed by atoms with Crippen molar-refractivity contribution >= 4 is 23.0 Å². The Morgan fingerprint density at radius 1 is 1.10 bits per heavy atom. The molecule has 1 aromatic heterocycles. The van der Waals surface area contributed by atoms with Gasteiger partial charge in [0.2, 0.25) is 0 Å². The summed E-state index contributed by atoms with van der Waals surface area (Å²) in [5, 5.41) is 20.0. The summed E-state index contributed by atoms with van der Waals surface area (Å²) in [6.45, 7) is 13.2. The second-order valence-corrected chi connectivity index (χ2v) is 11.2. The van der Waals surface area contributed by atoms with E-state index in [1.54, 1.807) is 0 Å². The average molecular weight is 420 g/mol. The first kappa shape index (κ1) is 22.4. The van der Waals surface area contributed by atoms with Gasteiger partial charge in [-0.05, 0) is 61.8 Å². The zero-order valence-corrected chi connectivity index (χ0v) is 19.2. The van der Waals surface area contributed by atoms with Crippen molar-refractivity contribution in [1.29, 1.82) is 0 Å². The Hall–Kier alpha value is -1.33. The molecule has 0 aliphatic heterocycles. The van der Waals surface area contributed by atoms with Gasteiger partial charge in [-0.25, -0.2) is 4.79 Å². The maximum atomic E-state index is 12.2. The number of rotatable bonds is 5. The van der Waals surface area contributed by atoms with Crippen LogP contribution in [0.4, 0.5) is 5.69 Å². The molecular weight excluding hydrogens is 382 g/mol. The third-order valence-electron chi connectivity index (χ3n) is 6.73. The lowest BCUT2D eigenvalue weighted by molar-refractivity contribution is 0.0702. The van der Waals surface area contributed by atoms with Crippen LogP contribution < -0.4 is 4.90 Å². The molecule has 0 spiro atoms. The predicted octanol–water partition coefficient (Wildman–Crippen LogP) is 6.19. The molecule has 0 amide bonds. The highest BCUT2D eigenvalue weighted by atomic mass is 32.1. The molecule has 29 heavy (non-hydrogen) atoms. The van der Waals surface area contributed by atoms with E-state index >= 15 is 0 Å². The maximum Gasteiger partial charge on any atom is 0.348 e. The summed E-state index contributed by atoms with van der Waals surface area (Å²) in [6, 6.07) is 2.31. The smallest absolute Gasteiger partial charge is 0.348 e. The molecule has 0 atom stereocenters. The van der Waals surface area contributed by atoms with Crippen molar-refractivity contribution < 1.29 is 15.0 Å². The van der Waals surface area contributed by atoms with Crippen LogP contribution in [0.25, 0.3) is 0 Å². The molecule has 4 nitrogen and oxygen atoms in total. The number of anilines is 1. The normalized spacial score (nSPS) is 28.2. The molecule has 1 heterocycles. The number of thiophene rings is 1. The third-order valence-corrected chi connectivity index (χ3v) is 8.27.